The molecule has 0 bridgehead atoms. The Morgan fingerprint density at radius 1 is 1.05 bits per heavy atom. The van der Waals surface area contributed by atoms with Crippen molar-refractivity contribution in [2.75, 3.05) is 0 Å². The molecule has 21 heavy (non-hydrogen) atoms. The highest BCUT2D eigenvalue weighted by Crippen LogP contribution is 2.31. The molecule has 2 aromatic rings. The van der Waals surface area contributed by atoms with Crippen molar-refractivity contribution < 1.29 is 4.74 Å². The van der Waals surface area contributed by atoms with Gasteiger partial charge in [0, 0.05) is 4.83 Å². The van der Waals surface area contributed by atoms with E-state index in [0.29, 0.717) is 10.0 Å². The van der Waals surface area contributed by atoms with Crippen LogP contribution in [0.4, 0.5) is 0 Å². The van der Waals surface area contributed by atoms with Gasteiger partial charge in [-0.15, -0.1) is 0 Å². The van der Waals surface area contributed by atoms with Crippen LogP contribution in [0.25, 0.3) is 0 Å². The Morgan fingerprint density at radius 2 is 1.81 bits per heavy atom. The van der Waals surface area contributed by atoms with Gasteiger partial charge in [0.15, 0.2) is 0 Å². The predicted molar refractivity (Wildman–Crippen MR) is 94.0 cm³/mol. The number of rotatable bonds is 5. The van der Waals surface area contributed by atoms with Gasteiger partial charge >= 0.3 is 0 Å². The van der Waals surface area contributed by atoms with Gasteiger partial charge in [-0.25, -0.2) is 0 Å². The smallest absolute Gasteiger partial charge is 0.119 e. The van der Waals surface area contributed by atoms with Crippen LogP contribution in [0.2, 0.25) is 10.0 Å². The summed E-state index contributed by atoms with van der Waals surface area (Å²) in [5.41, 5.74) is 2.32. The van der Waals surface area contributed by atoms with Crippen LogP contribution in [-0.2, 0) is 6.42 Å². The Bertz CT molecular complexity index is 613. The van der Waals surface area contributed by atoms with E-state index >= 15 is 0 Å². The van der Waals surface area contributed by atoms with Gasteiger partial charge in [0.2, 0.25) is 0 Å². The molecule has 0 amide bonds. The lowest BCUT2D eigenvalue weighted by molar-refractivity contribution is 0.242. The quantitative estimate of drug-likeness (QED) is 0.535. The van der Waals surface area contributed by atoms with Crippen LogP contribution in [0.1, 0.15) is 29.8 Å². The first-order valence-corrected chi connectivity index (χ1v) is 8.47. The van der Waals surface area contributed by atoms with Crippen molar-refractivity contribution in [1.82, 2.24) is 0 Å². The van der Waals surface area contributed by atoms with Crippen molar-refractivity contribution in [3.8, 4) is 5.75 Å². The van der Waals surface area contributed by atoms with E-state index in [1.807, 2.05) is 44.2 Å². The molecule has 0 N–H and O–H groups in total. The Labute approximate surface area is 144 Å². The van der Waals surface area contributed by atoms with E-state index in [4.69, 9.17) is 27.9 Å². The third-order valence-corrected chi connectivity index (χ3v) is 4.58. The second-order valence-corrected chi connectivity index (χ2v) is 7.08. The summed E-state index contributed by atoms with van der Waals surface area (Å²) in [6.07, 6.45) is 1.01. The lowest BCUT2D eigenvalue weighted by Gasteiger charge is -2.14. The maximum Gasteiger partial charge on any atom is 0.119 e. The lowest BCUT2D eigenvalue weighted by atomic mass is 10.0. The molecule has 0 aliphatic heterocycles. The van der Waals surface area contributed by atoms with Crippen molar-refractivity contribution in [3.63, 3.8) is 0 Å². The minimum absolute atomic E-state index is 0.170. The zero-order valence-corrected chi connectivity index (χ0v) is 15.0. The summed E-state index contributed by atoms with van der Waals surface area (Å²) < 4.78 is 5.73. The third-order valence-electron chi connectivity index (χ3n) is 2.99. The molecular weight excluding hydrogens is 371 g/mol. The first-order valence-electron chi connectivity index (χ1n) is 6.80. The van der Waals surface area contributed by atoms with Gasteiger partial charge in [0.25, 0.3) is 0 Å². The fourth-order valence-corrected chi connectivity index (χ4v) is 3.03. The highest BCUT2D eigenvalue weighted by Gasteiger charge is 2.11. The maximum atomic E-state index is 6.06. The fourth-order valence-electron chi connectivity index (χ4n) is 2.05. The SMILES string of the molecule is CC(C)Oc1cccc(C(Br)Cc2ccc(Cl)c(Cl)c2)c1. The van der Waals surface area contributed by atoms with Gasteiger partial charge < -0.3 is 4.74 Å². The molecule has 4 heteroatoms. The van der Waals surface area contributed by atoms with E-state index in [1.54, 1.807) is 0 Å². The minimum Gasteiger partial charge on any atom is -0.491 e. The average molecular weight is 388 g/mol. The topological polar surface area (TPSA) is 9.23 Å². The van der Waals surface area contributed by atoms with Crippen LogP contribution in [-0.4, -0.2) is 6.10 Å². The predicted octanol–water partition coefficient (Wildman–Crippen LogP) is 6.46. The summed E-state index contributed by atoms with van der Waals surface area (Å²) in [4.78, 5) is 0.199. The first kappa shape index (κ1) is 16.7. The molecule has 0 heterocycles. The molecule has 1 atom stereocenters. The molecule has 0 fully saturated rings. The second kappa shape index (κ2) is 7.53. The molecule has 2 rings (SSSR count). The van der Waals surface area contributed by atoms with Crippen molar-refractivity contribution >= 4 is 39.1 Å². The van der Waals surface area contributed by atoms with Crippen LogP contribution in [0.5, 0.6) is 5.75 Å². The summed E-state index contributed by atoms with van der Waals surface area (Å²) in [7, 11) is 0. The van der Waals surface area contributed by atoms with Crippen LogP contribution < -0.4 is 4.74 Å². The van der Waals surface area contributed by atoms with Crippen LogP contribution in [0.15, 0.2) is 42.5 Å². The largest absolute Gasteiger partial charge is 0.491 e. The lowest BCUT2D eigenvalue weighted by Crippen LogP contribution is -2.06. The molecule has 0 saturated heterocycles. The van der Waals surface area contributed by atoms with Crippen molar-refractivity contribution in [2.24, 2.45) is 0 Å². The highest BCUT2D eigenvalue weighted by atomic mass is 79.9. The number of alkyl halides is 1. The number of ether oxygens (including phenoxy) is 1. The molecule has 0 saturated carbocycles. The standard InChI is InChI=1S/C17H17BrCl2O/c1-11(2)21-14-5-3-4-13(10-14)15(18)8-12-6-7-16(19)17(20)9-12/h3-7,9-11,15H,8H2,1-2H3. The van der Waals surface area contributed by atoms with E-state index in [-0.39, 0.29) is 10.9 Å². The first-order chi connectivity index (χ1) is 9.95. The zero-order chi connectivity index (χ0) is 15.4. The summed E-state index contributed by atoms with van der Waals surface area (Å²) in [6.45, 7) is 4.04. The van der Waals surface area contributed by atoms with Crippen LogP contribution in [0.3, 0.4) is 0 Å². The van der Waals surface area contributed by atoms with Gasteiger partial charge in [0.05, 0.1) is 16.1 Å². The molecule has 0 spiro atoms. The van der Waals surface area contributed by atoms with Crippen LogP contribution >= 0.6 is 39.1 Å². The summed E-state index contributed by atoms with van der Waals surface area (Å²) in [5.74, 6) is 0.890. The Kier molecular flexibility index (Phi) is 5.98. The van der Waals surface area contributed by atoms with Crippen LogP contribution in [0, 0.1) is 0 Å². The number of halogens is 3. The molecule has 0 aliphatic rings. The zero-order valence-electron chi connectivity index (χ0n) is 11.9. The maximum absolute atomic E-state index is 6.06. The fraction of sp³-hybridized carbons (Fsp3) is 0.294. The number of hydrogen-bond donors (Lipinski definition) is 0. The van der Waals surface area contributed by atoms with Crippen molar-refractivity contribution in [2.45, 2.75) is 31.2 Å². The summed E-state index contributed by atoms with van der Waals surface area (Å²) in [5, 5.41) is 1.17. The molecule has 2 aromatic carbocycles. The Balaban J connectivity index is 2.12. The van der Waals surface area contributed by atoms with Gasteiger partial charge in [-0.3, -0.25) is 0 Å². The van der Waals surface area contributed by atoms with E-state index in [2.05, 4.69) is 28.1 Å². The highest BCUT2D eigenvalue weighted by molar-refractivity contribution is 9.09. The summed E-state index contributed by atoms with van der Waals surface area (Å²) >= 11 is 15.7. The number of hydrogen-bond acceptors (Lipinski definition) is 1. The van der Waals surface area contributed by atoms with E-state index in [9.17, 15) is 0 Å². The van der Waals surface area contributed by atoms with Crippen molar-refractivity contribution in [1.29, 1.82) is 0 Å². The minimum atomic E-state index is 0.170. The average Bonchev–Trinajstić information content (AvgIpc) is 2.42. The van der Waals surface area contributed by atoms with E-state index < -0.39 is 0 Å². The van der Waals surface area contributed by atoms with Gasteiger partial charge in [-0.1, -0.05) is 57.3 Å². The van der Waals surface area contributed by atoms with Crippen molar-refractivity contribution in [3.05, 3.63) is 63.6 Å². The molecule has 1 unspecified atom stereocenters. The van der Waals surface area contributed by atoms with E-state index in [1.165, 1.54) is 5.56 Å². The summed E-state index contributed by atoms with van der Waals surface area (Å²) in [6, 6.07) is 13.9. The molecule has 0 aliphatic carbocycles. The molecule has 112 valence electrons. The number of benzene rings is 2. The van der Waals surface area contributed by atoms with Gasteiger partial charge in [0.1, 0.15) is 5.75 Å². The Hall–Kier alpha value is -0.700. The second-order valence-electron chi connectivity index (χ2n) is 5.16. The molecule has 1 nitrogen and oxygen atoms in total. The normalized spacial score (nSPS) is 12.5. The van der Waals surface area contributed by atoms with Gasteiger partial charge in [-0.05, 0) is 55.7 Å². The molecular formula is C17H17BrCl2O. The van der Waals surface area contributed by atoms with E-state index in [0.717, 1.165) is 17.7 Å². The molecule has 0 radical (unpaired) electrons. The molecule has 0 aromatic heterocycles. The Morgan fingerprint density at radius 3 is 2.48 bits per heavy atom. The van der Waals surface area contributed by atoms with Gasteiger partial charge in [-0.2, -0.15) is 0 Å². The third kappa shape index (κ3) is 4.91. The monoisotopic (exact) mass is 386 g/mol.